The summed E-state index contributed by atoms with van der Waals surface area (Å²) in [6.45, 7) is 9.30. The van der Waals surface area contributed by atoms with Crippen LogP contribution in [0.1, 0.15) is 34.6 Å². The SMILES string of the molecule is CC(C)(C)OC(C)(C)C=O. The van der Waals surface area contributed by atoms with Crippen LogP contribution in [0.15, 0.2) is 0 Å². The molecule has 0 aliphatic rings. The lowest BCUT2D eigenvalue weighted by Gasteiger charge is -2.29. The summed E-state index contributed by atoms with van der Waals surface area (Å²) in [5.41, 5.74) is -0.900. The van der Waals surface area contributed by atoms with Crippen LogP contribution in [0.25, 0.3) is 0 Å². The lowest BCUT2D eigenvalue weighted by molar-refractivity contribution is -0.144. The summed E-state index contributed by atoms with van der Waals surface area (Å²) in [6, 6.07) is 0. The van der Waals surface area contributed by atoms with Crippen molar-refractivity contribution in [1.82, 2.24) is 0 Å². The highest BCUT2D eigenvalue weighted by Crippen LogP contribution is 2.16. The standard InChI is InChI=1S/C8H16O2/c1-7(2,3)10-8(4,5)6-9/h6H,1-5H3. The van der Waals surface area contributed by atoms with E-state index in [0.29, 0.717) is 0 Å². The van der Waals surface area contributed by atoms with E-state index in [1.807, 2.05) is 20.8 Å². The Bertz CT molecular complexity index is 120. The second-order valence-electron chi connectivity index (χ2n) is 3.94. The van der Waals surface area contributed by atoms with Crippen LogP contribution in [0.4, 0.5) is 0 Å². The van der Waals surface area contributed by atoms with E-state index in [4.69, 9.17) is 4.74 Å². The van der Waals surface area contributed by atoms with E-state index in [1.54, 1.807) is 13.8 Å². The smallest absolute Gasteiger partial charge is 0.151 e. The van der Waals surface area contributed by atoms with E-state index in [2.05, 4.69) is 0 Å². The monoisotopic (exact) mass is 144 g/mol. The minimum Gasteiger partial charge on any atom is -0.363 e. The highest BCUT2D eigenvalue weighted by atomic mass is 16.5. The average Bonchev–Trinajstić information content (AvgIpc) is 1.60. The van der Waals surface area contributed by atoms with Gasteiger partial charge in [0.05, 0.1) is 5.60 Å². The summed E-state index contributed by atoms with van der Waals surface area (Å²) in [5, 5.41) is 0. The van der Waals surface area contributed by atoms with E-state index in [-0.39, 0.29) is 5.60 Å². The molecule has 0 spiro atoms. The van der Waals surface area contributed by atoms with Gasteiger partial charge in [0.15, 0.2) is 6.29 Å². The van der Waals surface area contributed by atoms with E-state index in [1.165, 1.54) is 0 Å². The minimum absolute atomic E-state index is 0.246. The maximum absolute atomic E-state index is 10.4. The fourth-order valence-corrected chi connectivity index (χ4v) is 0.813. The minimum atomic E-state index is -0.655. The van der Waals surface area contributed by atoms with Gasteiger partial charge in [-0.15, -0.1) is 0 Å². The first kappa shape index (κ1) is 9.63. The van der Waals surface area contributed by atoms with Gasteiger partial charge in [0, 0.05) is 0 Å². The summed E-state index contributed by atoms with van der Waals surface area (Å²) in [7, 11) is 0. The van der Waals surface area contributed by atoms with Gasteiger partial charge in [-0.25, -0.2) is 0 Å². The van der Waals surface area contributed by atoms with Crippen molar-refractivity contribution in [2.45, 2.75) is 45.8 Å². The molecule has 0 aliphatic carbocycles. The topological polar surface area (TPSA) is 26.3 Å². The third kappa shape index (κ3) is 4.50. The average molecular weight is 144 g/mol. The number of ether oxygens (including phenoxy) is 1. The van der Waals surface area contributed by atoms with Crippen molar-refractivity contribution < 1.29 is 9.53 Å². The van der Waals surface area contributed by atoms with E-state index >= 15 is 0 Å². The largest absolute Gasteiger partial charge is 0.363 e. The van der Waals surface area contributed by atoms with Gasteiger partial charge in [0.1, 0.15) is 5.60 Å². The Labute approximate surface area is 62.6 Å². The molecule has 60 valence electrons. The molecule has 0 radical (unpaired) electrons. The Morgan fingerprint density at radius 3 is 1.60 bits per heavy atom. The summed E-state index contributed by atoms with van der Waals surface area (Å²) in [6.07, 6.45) is 0.818. The molecule has 0 aromatic carbocycles. The Balaban J connectivity index is 4.01. The molecule has 0 aliphatic heterocycles. The molecule has 0 amide bonds. The summed E-state index contributed by atoms with van der Waals surface area (Å²) >= 11 is 0. The first-order valence-electron chi connectivity index (χ1n) is 3.43. The van der Waals surface area contributed by atoms with Crippen LogP contribution in [0.2, 0.25) is 0 Å². The van der Waals surface area contributed by atoms with Crippen LogP contribution in [0.5, 0.6) is 0 Å². The molecule has 2 heteroatoms. The molecule has 0 unspecified atom stereocenters. The molecule has 0 saturated heterocycles. The maximum Gasteiger partial charge on any atom is 0.151 e. The van der Waals surface area contributed by atoms with Gasteiger partial charge in [-0.05, 0) is 34.6 Å². The van der Waals surface area contributed by atoms with Crippen LogP contribution >= 0.6 is 0 Å². The fraction of sp³-hybridized carbons (Fsp3) is 0.875. The molecule has 10 heavy (non-hydrogen) atoms. The molecule has 0 atom stereocenters. The number of carbonyl (C=O) groups excluding carboxylic acids is 1. The van der Waals surface area contributed by atoms with Crippen molar-refractivity contribution in [3.05, 3.63) is 0 Å². The highest BCUT2D eigenvalue weighted by Gasteiger charge is 2.24. The second-order valence-corrected chi connectivity index (χ2v) is 3.94. The van der Waals surface area contributed by atoms with Crippen molar-refractivity contribution in [2.75, 3.05) is 0 Å². The quantitative estimate of drug-likeness (QED) is 0.552. The molecule has 0 heterocycles. The Morgan fingerprint density at radius 1 is 1.10 bits per heavy atom. The number of hydrogen-bond acceptors (Lipinski definition) is 2. The molecule has 2 nitrogen and oxygen atoms in total. The van der Waals surface area contributed by atoms with Crippen LogP contribution in [0, 0.1) is 0 Å². The second kappa shape index (κ2) is 2.70. The number of aldehydes is 1. The third-order valence-corrected chi connectivity index (χ3v) is 0.853. The maximum atomic E-state index is 10.4. The molecule has 0 aromatic rings. The number of rotatable bonds is 2. The molecule has 0 fully saturated rings. The molecular weight excluding hydrogens is 128 g/mol. The van der Waals surface area contributed by atoms with Crippen molar-refractivity contribution >= 4 is 6.29 Å². The molecular formula is C8H16O2. The summed E-state index contributed by atoms with van der Waals surface area (Å²) < 4.78 is 5.41. The summed E-state index contributed by atoms with van der Waals surface area (Å²) in [5.74, 6) is 0. The zero-order chi connectivity index (χ0) is 8.41. The van der Waals surface area contributed by atoms with Gasteiger partial charge < -0.3 is 9.53 Å². The van der Waals surface area contributed by atoms with Crippen molar-refractivity contribution in [1.29, 1.82) is 0 Å². The summed E-state index contributed by atoms with van der Waals surface area (Å²) in [4.78, 5) is 10.4. The first-order valence-corrected chi connectivity index (χ1v) is 3.43. The van der Waals surface area contributed by atoms with Gasteiger partial charge in [-0.1, -0.05) is 0 Å². The fourth-order valence-electron chi connectivity index (χ4n) is 0.813. The Kier molecular flexibility index (Phi) is 2.60. The number of hydrogen-bond donors (Lipinski definition) is 0. The zero-order valence-corrected chi connectivity index (χ0v) is 7.39. The van der Waals surface area contributed by atoms with Crippen LogP contribution in [0.3, 0.4) is 0 Å². The predicted molar refractivity (Wildman–Crippen MR) is 41.0 cm³/mol. The van der Waals surface area contributed by atoms with Gasteiger partial charge in [-0.2, -0.15) is 0 Å². The predicted octanol–water partition coefficient (Wildman–Crippen LogP) is 1.78. The lowest BCUT2D eigenvalue weighted by atomic mass is 10.1. The highest BCUT2D eigenvalue weighted by molar-refractivity contribution is 5.60. The lowest BCUT2D eigenvalue weighted by Crippen LogP contribution is -2.35. The van der Waals surface area contributed by atoms with Crippen LogP contribution in [-0.2, 0) is 9.53 Å². The van der Waals surface area contributed by atoms with Crippen molar-refractivity contribution in [3.8, 4) is 0 Å². The van der Waals surface area contributed by atoms with Gasteiger partial charge in [-0.3, -0.25) is 0 Å². The number of carbonyl (C=O) groups is 1. The normalized spacial score (nSPS) is 13.3. The molecule has 0 N–H and O–H groups in total. The van der Waals surface area contributed by atoms with Gasteiger partial charge in [0.25, 0.3) is 0 Å². The van der Waals surface area contributed by atoms with Crippen LogP contribution < -0.4 is 0 Å². The van der Waals surface area contributed by atoms with E-state index in [0.717, 1.165) is 6.29 Å². The van der Waals surface area contributed by atoms with Crippen molar-refractivity contribution in [3.63, 3.8) is 0 Å². The van der Waals surface area contributed by atoms with Crippen LogP contribution in [-0.4, -0.2) is 17.5 Å². The first-order chi connectivity index (χ1) is 4.27. The molecule has 0 bridgehead atoms. The van der Waals surface area contributed by atoms with Crippen molar-refractivity contribution in [2.24, 2.45) is 0 Å². The molecule has 0 aromatic heterocycles. The third-order valence-electron chi connectivity index (χ3n) is 0.853. The molecule has 0 rings (SSSR count). The van der Waals surface area contributed by atoms with Gasteiger partial charge in [0.2, 0.25) is 0 Å². The zero-order valence-electron chi connectivity index (χ0n) is 7.39. The Morgan fingerprint density at radius 2 is 1.50 bits per heavy atom. The van der Waals surface area contributed by atoms with E-state index < -0.39 is 5.60 Å². The van der Waals surface area contributed by atoms with E-state index in [9.17, 15) is 4.79 Å². The van der Waals surface area contributed by atoms with Gasteiger partial charge >= 0.3 is 0 Å². The Hall–Kier alpha value is -0.370. The molecule has 0 saturated carbocycles.